The summed E-state index contributed by atoms with van der Waals surface area (Å²) >= 11 is 12.0. The summed E-state index contributed by atoms with van der Waals surface area (Å²) in [6.45, 7) is 3.76. The van der Waals surface area contributed by atoms with Crippen LogP contribution in [-0.2, 0) is 4.79 Å². The molecular formula is C19H18Cl2FNO3. The third-order valence-corrected chi connectivity index (χ3v) is 3.73. The zero-order valence-electron chi connectivity index (χ0n) is 14.5. The number of anilines is 1. The molecule has 0 unspecified atom stereocenters. The second-order valence-corrected chi connectivity index (χ2v) is 6.49. The molecule has 26 heavy (non-hydrogen) atoms. The molecule has 0 saturated carbocycles. The minimum atomic E-state index is -0.573. The number of nitrogens with one attached hydrogen (secondary N) is 1. The van der Waals surface area contributed by atoms with Gasteiger partial charge in [0.2, 0.25) is 5.91 Å². The number of halogens is 3. The standard InChI is InChI=1S/C19H18Cl2FNO3/c1-11(2)26-19-14(21)8-12(9-17(19)25-3)4-7-18(24)23-16-10-13(20)5-6-15(16)22/h4-11H,1-3H3,(H,23,24)/b7-4+. The fraction of sp³-hybridized carbons (Fsp3) is 0.211. The van der Waals surface area contributed by atoms with Crippen LogP contribution >= 0.6 is 23.2 Å². The Morgan fingerprint density at radius 2 is 1.96 bits per heavy atom. The van der Waals surface area contributed by atoms with Gasteiger partial charge < -0.3 is 14.8 Å². The van der Waals surface area contributed by atoms with Crippen molar-refractivity contribution in [3.05, 3.63) is 57.8 Å². The summed E-state index contributed by atoms with van der Waals surface area (Å²) < 4.78 is 24.6. The number of ether oxygens (including phenoxy) is 2. The summed E-state index contributed by atoms with van der Waals surface area (Å²) in [6.07, 6.45) is 2.72. The predicted octanol–water partition coefficient (Wildman–Crippen LogP) is 5.58. The van der Waals surface area contributed by atoms with Crippen molar-refractivity contribution in [2.45, 2.75) is 20.0 Å². The van der Waals surface area contributed by atoms with Gasteiger partial charge in [-0.3, -0.25) is 4.79 Å². The third kappa shape index (κ3) is 5.38. The van der Waals surface area contributed by atoms with Crippen molar-refractivity contribution < 1.29 is 18.7 Å². The second kappa shape index (κ2) is 8.92. The summed E-state index contributed by atoms with van der Waals surface area (Å²) in [4.78, 5) is 12.0. The average Bonchev–Trinajstić information content (AvgIpc) is 2.58. The fourth-order valence-corrected chi connectivity index (χ4v) is 2.56. The van der Waals surface area contributed by atoms with Crippen LogP contribution in [0, 0.1) is 5.82 Å². The first-order chi connectivity index (χ1) is 12.3. The largest absolute Gasteiger partial charge is 0.493 e. The van der Waals surface area contributed by atoms with Crippen LogP contribution in [0.2, 0.25) is 10.0 Å². The van der Waals surface area contributed by atoms with Gasteiger partial charge in [-0.05, 0) is 55.8 Å². The fourth-order valence-electron chi connectivity index (χ4n) is 2.13. The number of carbonyl (C=O) groups excluding carboxylic acids is 1. The molecule has 0 aliphatic carbocycles. The number of amides is 1. The monoisotopic (exact) mass is 397 g/mol. The number of benzene rings is 2. The van der Waals surface area contributed by atoms with E-state index in [1.165, 1.54) is 37.5 Å². The van der Waals surface area contributed by atoms with Crippen molar-refractivity contribution in [2.24, 2.45) is 0 Å². The minimum absolute atomic E-state index is 0.00319. The highest BCUT2D eigenvalue weighted by molar-refractivity contribution is 6.32. The maximum atomic E-state index is 13.6. The van der Waals surface area contributed by atoms with Crippen LogP contribution in [0.25, 0.3) is 6.08 Å². The van der Waals surface area contributed by atoms with E-state index < -0.39 is 11.7 Å². The molecule has 0 aliphatic rings. The molecule has 2 aromatic carbocycles. The molecule has 0 atom stereocenters. The third-order valence-electron chi connectivity index (χ3n) is 3.22. The number of methoxy groups -OCH3 is 1. The summed E-state index contributed by atoms with van der Waals surface area (Å²) in [7, 11) is 1.50. The maximum absolute atomic E-state index is 13.6. The van der Waals surface area contributed by atoms with Crippen LogP contribution in [0.5, 0.6) is 11.5 Å². The second-order valence-electron chi connectivity index (χ2n) is 5.65. The maximum Gasteiger partial charge on any atom is 0.248 e. The van der Waals surface area contributed by atoms with Crippen LogP contribution in [0.15, 0.2) is 36.4 Å². The van der Waals surface area contributed by atoms with Crippen LogP contribution in [0.4, 0.5) is 10.1 Å². The summed E-state index contributed by atoms with van der Waals surface area (Å²) in [5.41, 5.74) is 0.633. The van der Waals surface area contributed by atoms with E-state index in [0.717, 1.165) is 0 Å². The Balaban J connectivity index is 2.18. The van der Waals surface area contributed by atoms with Crippen LogP contribution < -0.4 is 14.8 Å². The Hall–Kier alpha value is -2.24. The zero-order chi connectivity index (χ0) is 19.3. The SMILES string of the molecule is COc1cc(/C=C/C(=O)Nc2cc(Cl)ccc2F)cc(Cl)c1OC(C)C. The van der Waals surface area contributed by atoms with Gasteiger partial charge in [0.15, 0.2) is 11.5 Å². The molecule has 0 spiro atoms. The molecule has 138 valence electrons. The van der Waals surface area contributed by atoms with Gasteiger partial charge in [-0.2, -0.15) is 0 Å². The Bertz CT molecular complexity index is 838. The van der Waals surface area contributed by atoms with E-state index in [4.69, 9.17) is 32.7 Å². The average molecular weight is 398 g/mol. The Morgan fingerprint density at radius 1 is 1.23 bits per heavy atom. The number of hydrogen-bond acceptors (Lipinski definition) is 3. The molecular weight excluding hydrogens is 380 g/mol. The quantitative estimate of drug-likeness (QED) is 0.647. The predicted molar refractivity (Wildman–Crippen MR) is 103 cm³/mol. The molecule has 0 bridgehead atoms. The van der Waals surface area contributed by atoms with Crippen molar-refractivity contribution in [3.8, 4) is 11.5 Å². The van der Waals surface area contributed by atoms with Gasteiger partial charge >= 0.3 is 0 Å². The summed E-state index contributed by atoms with van der Waals surface area (Å²) in [6, 6.07) is 7.25. The van der Waals surface area contributed by atoms with E-state index in [-0.39, 0.29) is 11.8 Å². The lowest BCUT2D eigenvalue weighted by Crippen LogP contribution is -2.09. The van der Waals surface area contributed by atoms with E-state index in [9.17, 15) is 9.18 Å². The van der Waals surface area contributed by atoms with Crippen molar-refractivity contribution in [1.82, 2.24) is 0 Å². The lowest BCUT2D eigenvalue weighted by molar-refractivity contribution is -0.111. The molecule has 0 aliphatic heterocycles. The van der Waals surface area contributed by atoms with Gasteiger partial charge in [-0.25, -0.2) is 4.39 Å². The topological polar surface area (TPSA) is 47.6 Å². The van der Waals surface area contributed by atoms with Gasteiger partial charge in [0.25, 0.3) is 0 Å². The van der Waals surface area contributed by atoms with Crippen LogP contribution in [0.3, 0.4) is 0 Å². The van der Waals surface area contributed by atoms with E-state index in [0.29, 0.717) is 27.1 Å². The molecule has 0 fully saturated rings. The first-order valence-corrected chi connectivity index (χ1v) is 8.54. The molecule has 1 amide bonds. The van der Waals surface area contributed by atoms with Crippen molar-refractivity contribution in [3.63, 3.8) is 0 Å². The van der Waals surface area contributed by atoms with E-state index in [1.54, 1.807) is 12.1 Å². The zero-order valence-corrected chi connectivity index (χ0v) is 16.0. The first-order valence-electron chi connectivity index (χ1n) is 7.78. The molecule has 4 nitrogen and oxygen atoms in total. The Morgan fingerprint density at radius 3 is 2.62 bits per heavy atom. The highest BCUT2D eigenvalue weighted by atomic mass is 35.5. The number of carbonyl (C=O) groups is 1. The molecule has 0 saturated heterocycles. The molecule has 0 aromatic heterocycles. The smallest absolute Gasteiger partial charge is 0.248 e. The van der Waals surface area contributed by atoms with E-state index >= 15 is 0 Å². The molecule has 1 N–H and O–H groups in total. The lowest BCUT2D eigenvalue weighted by Gasteiger charge is -2.15. The molecule has 2 aromatic rings. The summed E-state index contributed by atoms with van der Waals surface area (Å²) in [5.74, 6) is -0.196. The number of rotatable bonds is 6. The van der Waals surface area contributed by atoms with Crippen LogP contribution in [0.1, 0.15) is 19.4 Å². The highest BCUT2D eigenvalue weighted by Gasteiger charge is 2.13. The van der Waals surface area contributed by atoms with Gasteiger partial charge in [-0.15, -0.1) is 0 Å². The minimum Gasteiger partial charge on any atom is -0.493 e. The molecule has 7 heteroatoms. The molecule has 0 heterocycles. The van der Waals surface area contributed by atoms with E-state index in [2.05, 4.69) is 5.32 Å². The summed E-state index contributed by atoms with van der Waals surface area (Å²) in [5, 5.41) is 3.11. The number of hydrogen-bond donors (Lipinski definition) is 1. The van der Waals surface area contributed by atoms with Gasteiger partial charge in [0.1, 0.15) is 5.82 Å². The normalized spacial score (nSPS) is 11.0. The van der Waals surface area contributed by atoms with Crippen molar-refractivity contribution in [2.75, 3.05) is 12.4 Å². The first kappa shape index (κ1) is 20.1. The van der Waals surface area contributed by atoms with Gasteiger partial charge in [0.05, 0.1) is 23.9 Å². The Kier molecular flexibility index (Phi) is 6.89. The highest BCUT2D eigenvalue weighted by Crippen LogP contribution is 2.37. The van der Waals surface area contributed by atoms with Crippen LogP contribution in [-0.4, -0.2) is 19.1 Å². The molecule has 0 radical (unpaired) electrons. The van der Waals surface area contributed by atoms with Gasteiger partial charge in [-0.1, -0.05) is 23.2 Å². The van der Waals surface area contributed by atoms with Crippen molar-refractivity contribution in [1.29, 1.82) is 0 Å². The molecule has 2 rings (SSSR count). The van der Waals surface area contributed by atoms with Crippen molar-refractivity contribution >= 4 is 40.9 Å². The van der Waals surface area contributed by atoms with Gasteiger partial charge in [0, 0.05) is 11.1 Å². The Labute approximate surface area is 161 Å². The lowest BCUT2D eigenvalue weighted by atomic mass is 10.1. The van der Waals surface area contributed by atoms with E-state index in [1.807, 2.05) is 13.8 Å².